The van der Waals surface area contributed by atoms with Gasteiger partial charge in [0.2, 0.25) is 11.8 Å². The molecule has 0 heterocycles. The first-order valence-corrected chi connectivity index (χ1v) is 22.5. The van der Waals surface area contributed by atoms with Gasteiger partial charge in [0.15, 0.2) is 0 Å². The first-order valence-electron chi connectivity index (χ1n) is 22.5. The summed E-state index contributed by atoms with van der Waals surface area (Å²) in [6.45, 7) is 10.6. The number of unbranched alkanes of at least 4 members (excludes halogenated alkanes) is 24. The molecule has 3 N–H and O–H groups in total. The van der Waals surface area contributed by atoms with Crippen LogP contribution in [-0.4, -0.2) is 60.6 Å². The van der Waals surface area contributed by atoms with Crippen molar-refractivity contribution < 1.29 is 14.7 Å². The van der Waals surface area contributed by atoms with E-state index in [1.54, 1.807) is 0 Å². The molecular weight excluding hydrogens is 619 g/mol. The molecule has 0 aliphatic carbocycles. The number of nitrogens with zero attached hydrogens (tertiary/aromatic N) is 1. The largest absolute Gasteiger partial charge is 0.395 e. The van der Waals surface area contributed by atoms with Crippen molar-refractivity contribution in [1.82, 2.24) is 15.5 Å². The molecule has 0 aromatic rings. The number of carbonyl (C=O) groups excluding carboxylic acids is 2. The fraction of sp³-hybridized carbons (Fsp3) is 0.955. The lowest BCUT2D eigenvalue weighted by molar-refractivity contribution is -0.122. The second-order valence-electron chi connectivity index (χ2n) is 15.4. The maximum absolute atomic E-state index is 12.8. The zero-order valence-electron chi connectivity index (χ0n) is 34.2. The third kappa shape index (κ3) is 36.6. The van der Waals surface area contributed by atoms with Gasteiger partial charge in [-0.15, -0.1) is 0 Å². The molecule has 6 heteroatoms. The maximum Gasteiger partial charge on any atom is 0.220 e. The number of carbonyl (C=O) groups is 2. The van der Waals surface area contributed by atoms with E-state index in [1.165, 1.54) is 141 Å². The lowest BCUT2D eigenvalue weighted by Gasteiger charge is -2.21. The van der Waals surface area contributed by atoms with Crippen molar-refractivity contribution in [3.05, 3.63) is 0 Å². The van der Waals surface area contributed by atoms with Crippen LogP contribution in [0.3, 0.4) is 0 Å². The highest BCUT2D eigenvalue weighted by Crippen LogP contribution is 2.16. The third-order valence-electron chi connectivity index (χ3n) is 10.5. The molecule has 0 saturated carbocycles. The Kier molecular flexibility index (Phi) is 39.7. The van der Waals surface area contributed by atoms with Gasteiger partial charge in [0, 0.05) is 32.0 Å². The summed E-state index contributed by atoms with van der Waals surface area (Å²) in [6.07, 6.45) is 39.8. The van der Waals surface area contributed by atoms with Gasteiger partial charge in [0.1, 0.15) is 0 Å². The van der Waals surface area contributed by atoms with Crippen LogP contribution in [0.2, 0.25) is 0 Å². The van der Waals surface area contributed by atoms with Crippen LogP contribution >= 0.6 is 0 Å². The van der Waals surface area contributed by atoms with Crippen LogP contribution in [-0.2, 0) is 9.59 Å². The van der Waals surface area contributed by atoms with Gasteiger partial charge >= 0.3 is 0 Å². The topological polar surface area (TPSA) is 81.7 Å². The number of amides is 2. The molecule has 50 heavy (non-hydrogen) atoms. The van der Waals surface area contributed by atoms with Crippen molar-refractivity contribution in [1.29, 1.82) is 0 Å². The van der Waals surface area contributed by atoms with Crippen molar-refractivity contribution in [2.75, 3.05) is 32.8 Å². The van der Waals surface area contributed by atoms with Gasteiger partial charge in [-0.05, 0) is 58.0 Å². The summed E-state index contributed by atoms with van der Waals surface area (Å²) < 4.78 is 0. The van der Waals surface area contributed by atoms with E-state index in [9.17, 15) is 14.7 Å². The van der Waals surface area contributed by atoms with Gasteiger partial charge in [-0.1, -0.05) is 175 Å². The summed E-state index contributed by atoms with van der Waals surface area (Å²) in [5.41, 5.74) is 0. The van der Waals surface area contributed by atoms with Gasteiger partial charge in [0.25, 0.3) is 0 Å². The van der Waals surface area contributed by atoms with E-state index in [0.29, 0.717) is 18.9 Å². The summed E-state index contributed by atoms with van der Waals surface area (Å²) in [7, 11) is 0. The molecule has 0 unspecified atom stereocenters. The monoisotopic (exact) mass is 708 g/mol. The van der Waals surface area contributed by atoms with Crippen LogP contribution in [0, 0.1) is 0 Å². The number of aliphatic hydroxyl groups is 1. The van der Waals surface area contributed by atoms with Crippen LogP contribution in [0.1, 0.15) is 233 Å². The Morgan fingerprint density at radius 1 is 0.460 bits per heavy atom. The number of rotatable bonds is 41. The Morgan fingerprint density at radius 2 is 0.840 bits per heavy atom. The number of hydrogen-bond donors (Lipinski definition) is 3. The number of nitrogens with one attached hydrogen (secondary N) is 2. The zero-order chi connectivity index (χ0) is 36.6. The smallest absolute Gasteiger partial charge is 0.220 e. The first-order chi connectivity index (χ1) is 24.6. The van der Waals surface area contributed by atoms with Gasteiger partial charge in [-0.2, -0.15) is 0 Å². The molecule has 0 aliphatic heterocycles. The van der Waals surface area contributed by atoms with Crippen molar-refractivity contribution in [3.8, 4) is 0 Å². The molecule has 0 aromatic carbocycles. The average molecular weight is 708 g/mol. The third-order valence-corrected chi connectivity index (χ3v) is 10.5. The minimum atomic E-state index is 0.203. The molecule has 0 spiro atoms. The van der Waals surface area contributed by atoms with Crippen LogP contribution in [0.15, 0.2) is 0 Å². The molecule has 0 rings (SSSR count). The highest BCUT2D eigenvalue weighted by atomic mass is 16.3. The Hall–Kier alpha value is -1.14. The van der Waals surface area contributed by atoms with E-state index < -0.39 is 0 Å². The van der Waals surface area contributed by atoms with Crippen molar-refractivity contribution in [2.45, 2.75) is 239 Å². The summed E-state index contributed by atoms with van der Waals surface area (Å²) >= 11 is 0. The Bertz CT molecular complexity index is 688. The predicted molar refractivity (Wildman–Crippen MR) is 218 cm³/mol. The second kappa shape index (κ2) is 40.6. The van der Waals surface area contributed by atoms with Gasteiger partial charge in [-0.3, -0.25) is 9.59 Å². The maximum atomic E-state index is 12.8. The normalized spacial score (nSPS) is 11.6. The minimum absolute atomic E-state index is 0.203. The highest BCUT2D eigenvalue weighted by Gasteiger charge is 2.12. The molecule has 0 atom stereocenters. The Balaban J connectivity index is 3.96. The van der Waals surface area contributed by atoms with Crippen LogP contribution < -0.4 is 10.6 Å². The lowest BCUT2D eigenvalue weighted by atomic mass is 9.99. The molecule has 0 fully saturated rings. The summed E-state index contributed by atoms with van der Waals surface area (Å²) in [5.74, 6) is 0.466. The molecule has 0 aliphatic rings. The Labute approximate surface area is 312 Å². The fourth-order valence-corrected chi connectivity index (χ4v) is 7.11. The fourth-order valence-electron chi connectivity index (χ4n) is 7.11. The molecule has 0 bridgehead atoms. The first kappa shape index (κ1) is 48.9. The van der Waals surface area contributed by atoms with E-state index in [0.717, 1.165) is 84.0 Å². The molecule has 6 nitrogen and oxygen atoms in total. The number of hydrogen-bond acceptors (Lipinski definition) is 4. The van der Waals surface area contributed by atoms with Crippen molar-refractivity contribution in [2.24, 2.45) is 0 Å². The van der Waals surface area contributed by atoms with Gasteiger partial charge < -0.3 is 20.6 Å². The van der Waals surface area contributed by atoms with E-state index in [-0.39, 0.29) is 18.4 Å². The standard InChI is InChI=1S/C44H89N3O3/c1-4-7-10-13-16-17-18-23-30-37-45-43(49)35-29-25-32-39-47(40-41-48)38-31-24-19-22-28-36-44(50)46-42(33-26-20-14-11-8-5-2)34-27-21-15-12-9-6-3/h42,48H,4-41H2,1-3H3,(H,45,49)(H,46,50). The quantitative estimate of drug-likeness (QED) is 0.0553. The summed E-state index contributed by atoms with van der Waals surface area (Å²) in [4.78, 5) is 27.4. The van der Waals surface area contributed by atoms with E-state index in [2.05, 4.69) is 36.3 Å². The summed E-state index contributed by atoms with van der Waals surface area (Å²) in [6, 6.07) is 0.365. The van der Waals surface area contributed by atoms with E-state index >= 15 is 0 Å². The average Bonchev–Trinajstić information content (AvgIpc) is 3.11. The van der Waals surface area contributed by atoms with Gasteiger partial charge in [0.05, 0.1) is 6.61 Å². The van der Waals surface area contributed by atoms with Gasteiger partial charge in [-0.25, -0.2) is 0 Å². The van der Waals surface area contributed by atoms with Crippen molar-refractivity contribution >= 4 is 11.8 Å². The molecule has 0 saturated heterocycles. The molecule has 2 amide bonds. The van der Waals surface area contributed by atoms with Crippen molar-refractivity contribution in [3.63, 3.8) is 0 Å². The minimum Gasteiger partial charge on any atom is -0.395 e. The highest BCUT2D eigenvalue weighted by molar-refractivity contribution is 5.76. The SMILES string of the molecule is CCCCCCCCCCCNC(=O)CCCCCN(CCO)CCCCCCCC(=O)NC(CCCCCCCC)CCCCCCCC. The number of aliphatic hydroxyl groups excluding tert-OH is 1. The second-order valence-corrected chi connectivity index (χ2v) is 15.4. The van der Waals surface area contributed by atoms with Crippen LogP contribution in [0.25, 0.3) is 0 Å². The molecule has 0 aromatic heterocycles. The van der Waals surface area contributed by atoms with Crippen LogP contribution in [0.4, 0.5) is 0 Å². The van der Waals surface area contributed by atoms with Crippen LogP contribution in [0.5, 0.6) is 0 Å². The molecule has 0 radical (unpaired) electrons. The van der Waals surface area contributed by atoms with E-state index in [4.69, 9.17) is 0 Å². The zero-order valence-corrected chi connectivity index (χ0v) is 34.2. The summed E-state index contributed by atoms with van der Waals surface area (Å²) in [5, 5.41) is 16.1. The molecular formula is C44H89N3O3. The Morgan fingerprint density at radius 3 is 1.32 bits per heavy atom. The predicted octanol–water partition coefficient (Wildman–Crippen LogP) is 11.8. The van der Waals surface area contributed by atoms with E-state index in [1.807, 2.05) is 0 Å². The molecule has 298 valence electrons. The lowest BCUT2D eigenvalue weighted by Crippen LogP contribution is -2.34.